The topological polar surface area (TPSA) is 32.3 Å². The average Bonchev–Trinajstić information content (AvgIpc) is 2.73. The molecule has 22 heavy (non-hydrogen) atoms. The molecular formula is C18H28N2OS. The number of fused-ring (bicyclic) bond motifs is 1. The summed E-state index contributed by atoms with van der Waals surface area (Å²) in [6, 6.07) is 8.66. The number of hydrogen-bond acceptors (Lipinski definition) is 3. The van der Waals surface area contributed by atoms with Crippen LogP contribution >= 0.6 is 11.8 Å². The second-order valence-electron chi connectivity index (χ2n) is 5.62. The molecule has 0 aromatic heterocycles. The zero-order valence-electron chi connectivity index (χ0n) is 14.0. The molecular weight excluding hydrogens is 292 g/mol. The van der Waals surface area contributed by atoms with Crippen molar-refractivity contribution in [2.24, 2.45) is 0 Å². The highest BCUT2D eigenvalue weighted by Crippen LogP contribution is 2.37. The Morgan fingerprint density at radius 1 is 1.14 bits per heavy atom. The maximum atomic E-state index is 12.9. The van der Waals surface area contributed by atoms with Crippen molar-refractivity contribution < 1.29 is 4.79 Å². The predicted molar refractivity (Wildman–Crippen MR) is 95.7 cm³/mol. The number of carbonyl (C=O) groups excluding carboxylic acids is 1. The van der Waals surface area contributed by atoms with Crippen LogP contribution in [0.15, 0.2) is 29.2 Å². The molecule has 3 rings (SSSR count). The molecule has 1 fully saturated rings. The highest BCUT2D eigenvalue weighted by molar-refractivity contribution is 7.99. The minimum absolute atomic E-state index is 0.0747. The Morgan fingerprint density at radius 2 is 1.82 bits per heavy atom. The normalized spacial score (nSPS) is 22.4. The van der Waals surface area contributed by atoms with Crippen LogP contribution in [0.1, 0.15) is 46.0 Å². The molecule has 2 aliphatic rings. The molecule has 1 atom stereocenters. The van der Waals surface area contributed by atoms with E-state index >= 15 is 0 Å². The van der Waals surface area contributed by atoms with Gasteiger partial charge in [-0.05, 0) is 32.0 Å². The van der Waals surface area contributed by atoms with Crippen molar-refractivity contribution in [1.82, 2.24) is 5.32 Å². The summed E-state index contributed by atoms with van der Waals surface area (Å²) >= 11 is 1.79. The maximum absolute atomic E-state index is 12.9. The van der Waals surface area contributed by atoms with Gasteiger partial charge in [0.1, 0.15) is 0 Å². The van der Waals surface area contributed by atoms with Gasteiger partial charge in [-0.15, -0.1) is 11.8 Å². The van der Waals surface area contributed by atoms with Gasteiger partial charge in [0.25, 0.3) is 0 Å². The number of carbonyl (C=O) groups is 1. The van der Waals surface area contributed by atoms with E-state index in [1.54, 1.807) is 11.8 Å². The lowest BCUT2D eigenvalue weighted by Gasteiger charge is -2.35. The number of nitrogens with zero attached hydrogens (tertiary/aromatic N) is 1. The summed E-state index contributed by atoms with van der Waals surface area (Å²) in [5.41, 5.74) is 1.12. The third-order valence-electron chi connectivity index (χ3n) is 4.35. The number of anilines is 1. The Hall–Kier alpha value is -1.00. The minimum atomic E-state index is -0.0747. The molecule has 1 aliphatic carbocycles. The standard InChI is InChI=1S/C16H22N2OS.C2H6/c1-17-13-11-20-15-10-6-5-9-14(15)18(16(13)19)12-7-3-2-4-8-12;1-2/h5-6,9-10,12-13,17H,2-4,7-8,11H2,1H3;1-2H3. The molecule has 1 aromatic rings. The van der Waals surface area contributed by atoms with Gasteiger partial charge in [0.05, 0.1) is 11.7 Å². The summed E-state index contributed by atoms with van der Waals surface area (Å²) < 4.78 is 0. The number of likely N-dealkylation sites (N-methyl/N-ethyl adjacent to an activating group) is 1. The van der Waals surface area contributed by atoms with Crippen molar-refractivity contribution in [3.05, 3.63) is 24.3 Å². The average molecular weight is 321 g/mol. The van der Waals surface area contributed by atoms with Crippen LogP contribution in [0, 0.1) is 0 Å². The zero-order valence-corrected chi connectivity index (χ0v) is 14.8. The molecule has 1 saturated carbocycles. The fourth-order valence-electron chi connectivity index (χ4n) is 3.23. The Kier molecular flexibility index (Phi) is 6.77. The second kappa shape index (κ2) is 8.59. The molecule has 4 heteroatoms. The fourth-order valence-corrected chi connectivity index (χ4v) is 4.38. The molecule has 0 saturated heterocycles. The quantitative estimate of drug-likeness (QED) is 0.891. The van der Waals surface area contributed by atoms with E-state index in [1.807, 2.05) is 27.0 Å². The van der Waals surface area contributed by atoms with Crippen LogP contribution < -0.4 is 10.2 Å². The number of benzene rings is 1. The van der Waals surface area contributed by atoms with E-state index in [-0.39, 0.29) is 11.9 Å². The molecule has 122 valence electrons. The Balaban J connectivity index is 0.000000847. The Labute approximate surface area is 138 Å². The van der Waals surface area contributed by atoms with Crippen molar-refractivity contribution in [1.29, 1.82) is 0 Å². The highest BCUT2D eigenvalue weighted by Gasteiger charge is 2.34. The number of amides is 1. The zero-order chi connectivity index (χ0) is 15.9. The molecule has 0 radical (unpaired) electrons. The van der Waals surface area contributed by atoms with Gasteiger partial charge < -0.3 is 10.2 Å². The van der Waals surface area contributed by atoms with E-state index in [0.717, 1.165) is 24.3 Å². The van der Waals surface area contributed by atoms with Crippen molar-refractivity contribution in [3.63, 3.8) is 0 Å². The lowest BCUT2D eigenvalue weighted by Crippen LogP contribution is -2.50. The molecule has 1 heterocycles. The maximum Gasteiger partial charge on any atom is 0.245 e. The second-order valence-corrected chi connectivity index (χ2v) is 6.68. The van der Waals surface area contributed by atoms with Crippen LogP contribution in [0.5, 0.6) is 0 Å². The van der Waals surface area contributed by atoms with Crippen LogP contribution in [-0.2, 0) is 4.79 Å². The van der Waals surface area contributed by atoms with Gasteiger partial charge in [-0.3, -0.25) is 4.79 Å². The summed E-state index contributed by atoms with van der Waals surface area (Å²) in [7, 11) is 1.89. The Morgan fingerprint density at radius 3 is 2.50 bits per heavy atom. The summed E-state index contributed by atoms with van der Waals surface area (Å²) in [5, 5.41) is 3.19. The van der Waals surface area contributed by atoms with Crippen LogP contribution in [0.4, 0.5) is 5.69 Å². The Bertz CT molecular complexity index is 486. The van der Waals surface area contributed by atoms with Gasteiger partial charge in [0, 0.05) is 16.7 Å². The number of nitrogens with one attached hydrogen (secondary N) is 1. The number of hydrogen-bond donors (Lipinski definition) is 1. The van der Waals surface area contributed by atoms with Crippen LogP contribution in [0.25, 0.3) is 0 Å². The highest BCUT2D eigenvalue weighted by atomic mass is 32.2. The fraction of sp³-hybridized carbons (Fsp3) is 0.611. The van der Waals surface area contributed by atoms with E-state index in [1.165, 1.54) is 24.2 Å². The monoisotopic (exact) mass is 320 g/mol. The summed E-state index contributed by atoms with van der Waals surface area (Å²) in [6.07, 6.45) is 6.08. The minimum Gasteiger partial charge on any atom is -0.308 e. The number of para-hydroxylation sites is 1. The third-order valence-corrected chi connectivity index (χ3v) is 5.51. The molecule has 1 aliphatic heterocycles. The molecule has 0 bridgehead atoms. The first-order valence-electron chi connectivity index (χ1n) is 8.53. The molecule has 3 nitrogen and oxygen atoms in total. The number of rotatable bonds is 2. The van der Waals surface area contributed by atoms with Crippen LogP contribution in [0.2, 0.25) is 0 Å². The van der Waals surface area contributed by atoms with Gasteiger partial charge >= 0.3 is 0 Å². The molecule has 1 unspecified atom stereocenters. The van der Waals surface area contributed by atoms with Crippen molar-refractivity contribution in [3.8, 4) is 0 Å². The lowest BCUT2D eigenvalue weighted by molar-refractivity contribution is -0.120. The van der Waals surface area contributed by atoms with E-state index in [2.05, 4.69) is 28.4 Å². The number of thioether (sulfide) groups is 1. The van der Waals surface area contributed by atoms with Gasteiger partial charge in [0.15, 0.2) is 0 Å². The largest absolute Gasteiger partial charge is 0.308 e. The summed E-state index contributed by atoms with van der Waals surface area (Å²) in [5.74, 6) is 1.06. The van der Waals surface area contributed by atoms with Gasteiger partial charge in [-0.2, -0.15) is 0 Å². The van der Waals surface area contributed by atoms with Crippen LogP contribution in [0.3, 0.4) is 0 Å². The lowest BCUT2D eigenvalue weighted by atomic mass is 9.93. The first kappa shape index (κ1) is 17.4. The van der Waals surface area contributed by atoms with Crippen molar-refractivity contribution in [2.75, 3.05) is 17.7 Å². The molecule has 1 amide bonds. The predicted octanol–water partition coefficient (Wildman–Crippen LogP) is 4.07. The van der Waals surface area contributed by atoms with Crippen molar-refractivity contribution >= 4 is 23.4 Å². The SMILES string of the molecule is CC.CNC1CSc2ccccc2N(C2CCCCC2)C1=O. The van der Waals surface area contributed by atoms with Gasteiger partial charge in [-0.25, -0.2) is 0 Å². The molecule has 1 aromatic carbocycles. The van der Waals surface area contributed by atoms with E-state index in [4.69, 9.17) is 0 Å². The first-order chi connectivity index (χ1) is 10.8. The smallest absolute Gasteiger partial charge is 0.245 e. The first-order valence-corrected chi connectivity index (χ1v) is 9.52. The van der Waals surface area contributed by atoms with Crippen LogP contribution in [-0.4, -0.2) is 30.8 Å². The summed E-state index contributed by atoms with van der Waals surface area (Å²) in [4.78, 5) is 16.2. The van der Waals surface area contributed by atoms with E-state index < -0.39 is 0 Å². The van der Waals surface area contributed by atoms with E-state index in [0.29, 0.717) is 6.04 Å². The molecule has 1 N–H and O–H groups in total. The molecule has 0 spiro atoms. The third kappa shape index (κ3) is 3.66. The summed E-state index contributed by atoms with van der Waals surface area (Å²) in [6.45, 7) is 4.00. The van der Waals surface area contributed by atoms with Crippen molar-refractivity contribution in [2.45, 2.75) is 62.9 Å². The van der Waals surface area contributed by atoms with Gasteiger partial charge in [-0.1, -0.05) is 45.2 Å². The van der Waals surface area contributed by atoms with Gasteiger partial charge in [0.2, 0.25) is 5.91 Å². The van der Waals surface area contributed by atoms with E-state index in [9.17, 15) is 4.79 Å².